The van der Waals surface area contributed by atoms with E-state index in [4.69, 9.17) is 4.42 Å². The van der Waals surface area contributed by atoms with Gasteiger partial charge in [0.1, 0.15) is 0 Å². The Morgan fingerprint density at radius 3 is 2.41 bits per heavy atom. The van der Waals surface area contributed by atoms with E-state index in [1.54, 1.807) is 55.5 Å². The van der Waals surface area contributed by atoms with E-state index in [9.17, 15) is 18.0 Å². The summed E-state index contributed by atoms with van der Waals surface area (Å²) < 4.78 is 33.6. The first-order chi connectivity index (χ1) is 16.2. The lowest BCUT2D eigenvalue weighted by Crippen LogP contribution is -2.16. The van der Waals surface area contributed by atoms with Crippen molar-refractivity contribution in [1.29, 1.82) is 0 Å². The number of hydrogen-bond acceptors (Lipinski definition) is 6. The Hall–Kier alpha value is -3.89. The molecule has 34 heavy (non-hydrogen) atoms. The highest BCUT2D eigenvalue weighted by atomic mass is 32.2. The minimum Gasteiger partial charge on any atom is -0.459 e. The first-order valence-corrected chi connectivity index (χ1v) is 12.5. The molecule has 0 radical (unpaired) electrons. The number of carbonyl (C=O) groups is 2. The summed E-state index contributed by atoms with van der Waals surface area (Å²) in [4.78, 5) is 25.2. The predicted molar refractivity (Wildman–Crippen MR) is 132 cm³/mol. The van der Waals surface area contributed by atoms with E-state index in [0.717, 1.165) is 16.9 Å². The van der Waals surface area contributed by atoms with Crippen LogP contribution in [0.4, 0.5) is 16.4 Å². The van der Waals surface area contributed by atoms with E-state index in [0.29, 0.717) is 26.8 Å². The van der Waals surface area contributed by atoms with Gasteiger partial charge < -0.3 is 15.1 Å². The number of aryl methyl sites for hydroxylation is 2. The molecule has 4 rings (SSSR count). The highest BCUT2D eigenvalue weighted by molar-refractivity contribution is 7.92. The molecule has 0 fully saturated rings. The summed E-state index contributed by atoms with van der Waals surface area (Å²) in [6.07, 6.45) is 1.40. The summed E-state index contributed by atoms with van der Waals surface area (Å²) in [6, 6.07) is 18.0. The van der Waals surface area contributed by atoms with Gasteiger partial charge in [-0.2, -0.15) is 0 Å². The summed E-state index contributed by atoms with van der Waals surface area (Å²) in [5, 5.41) is 5.85. The molecule has 8 nitrogen and oxygen atoms in total. The first kappa shape index (κ1) is 23.3. The Morgan fingerprint density at radius 1 is 0.853 bits per heavy atom. The monoisotopic (exact) mass is 495 g/mol. The molecule has 2 aromatic heterocycles. The highest BCUT2D eigenvalue weighted by Crippen LogP contribution is 2.26. The number of amides is 2. The lowest BCUT2D eigenvalue weighted by molar-refractivity contribution is 0.0995. The largest absolute Gasteiger partial charge is 0.459 e. The molecule has 0 aliphatic rings. The molecule has 10 heteroatoms. The molecule has 0 atom stereocenters. The van der Waals surface area contributed by atoms with Crippen LogP contribution in [0.15, 0.2) is 82.3 Å². The minimum absolute atomic E-state index is 0.0596. The lowest BCUT2D eigenvalue weighted by Gasteiger charge is -2.13. The minimum atomic E-state index is -3.87. The van der Waals surface area contributed by atoms with Gasteiger partial charge in [0.2, 0.25) is 0 Å². The van der Waals surface area contributed by atoms with Gasteiger partial charge in [0.25, 0.3) is 21.8 Å². The van der Waals surface area contributed by atoms with Crippen molar-refractivity contribution in [3.05, 3.63) is 94.8 Å². The Kier molecular flexibility index (Phi) is 6.53. The van der Waals surface area contributed by atoms with Crippen molar-refractivity contribution in [1.82, 2.24) is 0 Å². The molecule has 0 bridgehead atoms. The Balaban J connectivity index is 1.48. The second-order valence-electron chi connectivity index (χ2n) is 7.50. The first-order valence-electron chi connectivity index (χ1n) is 10.2. The summed E-state index contributed by atoms with van der Waals surface area (Å²) in [5.41, 5.74) is 2.25. The summed E-state index contributed by atoms with van der Waals surface area (Å²) in [5.74, 6) is -0.692. The number of hydrogen-bond donors (Lipinski definition) is 3. The third kappa shape index (κ3) is 5.36. The number of rotatable bonds is 7. The summed E-state index contributed by atoms with van der Waals surface area (Å²) in [6.45, 7) is 3.56. The van der Waals surface area contributed by atoms with Crippen LogP contribution in [0.2, 0.25) is 0 Å². The van der Waals surface area contributed by atoms with Gasteiger partial charge in [-0.25, -0.2) is 8.42 Å². The molecule has 0 saturated heterocycles. The summed E-state index contributed by atoms with van der Waals surface area (Å²) >= 11 is 1.09. The van der Waals surface area contributed by atoms with Crippen LogP contribution >= 0.6 is 11.3 Å². The van der Waals surface area contributed by atoms with Crippen molar-refractivity contribution in [3.8, 4) is 0 Å². The number of anilines is 3. The zero-order valence-electron chi connectivity index (χ0n) is 18.3. The molecule has 2 heterocycles. The maximum atomic E-state index is 13.0. The Labute approximate surface area is 200 Å². The smallest absolute Gasteiger partial charge is 0.291 e. The number of sulfonamides is 1. The zero-order chi connectivity index (χ0) is 24.3. The maximum Gasteiger partial charge on any atom is 0.291 e. The van der Waals surface area contributed by atoms with Crippen molar-refractivity contribution < 1.29 is 22.4 Å². The molecular weight excluding hydrogens is 474 g/mol. The number of benzene rings is 2. The molecular formula is C24H21N3O5S2. The van der Waals surface area contributed by atoms with Crippen LogP contribution in [0.5, 0.6) is 0 Å². The number of thiophene rings is 1. The standard InChI is InChI=1S/C24H21N3O5S2/c1-15-5-3-6-18(13-15)27-34(30,31)21-14-17(9-8-16(21)2)25-24(29)20-10-11-22(33-20)26-23(28)19-7-4-12-32-19/h3-14,27H,1-2H3,(H,25,29)(H,26,28). The van der Waals surface area contributed by atoms with Crippen LogP contribution < -0.4 is 15.4 Å². The van der Waals surface area contributed by atoms with Gasteiger partial charge in [-0.1, -0.05) is 18.2 Å². The van der Waals surface area contributed by atoms with Gasteiger partial charge in [0, 0.05) is 11.4 Å². The second-order valence-corrected chi connectivity index (χ2v) is 10.2. The molecule has 0 saturated carbocycles. The molecule has 0 spiro atoms. The number of carbonyl (C=O) groups excluding carboxylic acids is 2. The molecule has 0 unspecified atom stereocenters. The van der Waals surface area contributed by atoms with E-state index in [1.165, 1.54) is 18.4 Å². The van der Waals surface area contributed by atoms with Crippen LogP contribution in [-0.2, 0) is 10.0 Å². The SMILES string of the molecule is Cc1cccc(NS(=O)(=O)c2cc(NC(=O)c3ccc(NC(=O)c4ccco4)s3)ccc2C)c1. The van der Waals surface area contributed by atoms with Crippen molar-refractivity contribution in [2.45, 2.75) is 18.7 Å². The lowest BCUT2D eigenvalue weighted by atomic mass is 10.2. The Bertz CT molecular complexity index is 1460. The zero-order valence-corrected chi connectivity index (χ0v) is 19.9. The number of nitrogens with one attached hydrogen (secondary N) is 3. The quantitative estimate of drug-likeness (QED) is 0.323. The van der Waals surface area contributed by atoms with Crippen molar-refractivity contribution >= 4 is 49.6 Å². The van der Waals surface area contributed by atoms with Gasteiger partial charge in [-0.05, 0) is 73.5 Å². The van der Waals surface area contributed by atoms with Crippen LogP contribution in [0, 0.1) is 13.8 Å². The molecule has 0 aliphatic heterocycles. The van der Waals surface area contributed by atoms with Gasteiger partial charge in [0.05, 0.1) is 21.0 Å². The fourth-order valence-corrected chi connectivity index (χ4v) is 5.30. The van der Waals surface area contributed by atoms with Gasteiger partial charge in [0.15, 0.2) is 5.76 Å². The van der Waals surface area contributed by atoms with E-state index < -0.39 is 21.8 Å². The Morgan fingerprint density at radius 2 is 1.68 bits per heavy atom. The van der Waals surface area contributed by atoms with Gasteiger partial charge in [-0.3, -0.25) is 14.3 Å². The molecule has 2 aromatic carbocycles. The normalized spacial score (nSPS) is 11.1. The third-order valence-electron chi connectivity index (χ3n) is 4.82. The van der Waals surface area contributed by atoms with E-state index in [-0.39, 0.29) is 10.7 Å². The van der Waals surface area contributed by atoms with Crippen molar-refractivity contribution in [2.75, 3.05) is 15.4 Å². The fraction of sp³-hybridized carbons (Fsp3) is 0.0833. The molecule has 0 aliphatic carbocycles. The van der Waals surface area contributed by atoms with E-state index in [2.05, 4.69) is 15.4 Å². The second kappa shape index (κ2) is 9.54. The van der Waals surface area contributed by atoms with E-state index in [1.807, 2.05) is 13.0 Å². The average molecular weight is 496 g/mol. The topological polar surface area (TPSA) is 118 Å². The maximum absolute atomic E-state index is 13.0. The third-order valence-corrected chi connectivity index (χ3v) is 7.34. The number of furan rings is 1. The van der Waals surface area contributed by atoms with Crippen LogP contribution in [0.1, 0.15) is 31.4 Å². The fourth-order valence-electron chi connectivity index (χ4n) is 3.19. The molecule has 174 valence electrons. The molecule has 2 amide bonds. The van der Waals surface area contributed by atoms with Gasteiger partial charge >= 0.3 is 0 Å². The van der Waals surface area contributed by atoms with Crippen LogP contribution in [0.3, 0.4) is 0 Å². The van der Waals surface area contributed by atoms with Gasteiger partial charge in [-0.15, -0.1) is 11.3 Å². The highest BCUT2D eigenvalue weighted by Gasteiger charge is 2.19. The molecule has 4 aromatic rings. The molecule has 3 N–H and O–H groups in total. The van der Waals surface area contributed by atoms with Crippen LogP contribution in [-0.4, -0.2) is 20.2 Å². The van der Waals surface area contributed by atoms with Crippen LogP contribution in [0.25, 0.3) is 0 Å². The summed E-state index contributed by atoms with van der Waals surface area (Å²) in [7, 11) is -3.87. The predicted octanol–water partition coefficient (Wildman–Crippen LogP) is 5.26. The van der Waals surface area contributed by atoms with Crippen molar-refractivity contribution in [2.24, 2.45) is 0 Å². The van der Waals surface area contributed by atoms with E-state index >= 15 is 0 Å². The van der Waals surface area contributed by atoms with Crippen molar-refractivity contribution in [3.63, 3.8) is 0 Å². The average Bonchev–Trinajstić information content (AvgIpc) is 3.47.